The molecule has 6 heteroatoms. The van der Waals surface area contributed by atoms with Gasteiger partial charge in [-0.2, -0.15) is 0 Å². The Balaban J connectivity index is 3.75. The molecule has 0 saturated heterocycles. The van der Waals surface area contributed by atoms with Gasteiger partial charge in [-0.15, -0.1) is 0 Å². The van der Waals surface area contributed by atoms with Crippen LogP contribution in [-0.4, -0.2) is 50.1 Å². The summed E-state index contributed by atoms with van der Waals surface area (Å²) in [6.45, 7) is 0. The van der Waals surface area contributed by atoms with Crippen molar-refractivity contribution in [2.45, 2.75) is 0 Å². The second-order valence-corrected chi connectivity index (χ2v) is 3.02. The number of amides is 4. The number of rotatable bonds is 2. The van der Waals surface area contributed by atoms with Crippen LogP contribution in [0.25, 0.3) is 0 Å². The predicted molar refractivity (Wildman–Crippen MR) is 53.6 cm³/mol. The Morgan fingerprint density at radius 1 is 0.857 bits per heavy atom. The van der Waals surface area contributed by atoms with Crippen molar-refractivity contribution in [3.8, 4) is 0 Å². The Bertz CT molecular complexity index is 211. The molecule has 0 unspecified atom stereocenters. The quantitative estimate of drug-likeness (QED) is 0.659. The fourth-order valence-electron chi connectivity index (χ4n) is 0.484. The number of nitrogens with zero attached hydrogens (tertiary/aromatic N) is 2. The number of urea groups is 2. The zero-order valence-corrected chi connectivity index (χ0v) is 8.87. The van der Waals surface area contributed by atoms with E-state index < -0.39 is 0 Å². The summed E-state index contributed by atoms with van der Waals surface area (Å²) >= 11 is 0. The van der Waals surface area contributed by atoms with Crippen molar-refractivity contribution in [1.29, 1.82) is 0 Å². The molecule has 0 aromatic rings. The van der Waals surface area contributed by atoms with Crippen LogP contribution in [0.15, 0.2) is 12.4 Å². The molecule has 0 radical (unpaired) electrons. The predicted octanol–water partition coefficient (Wildman–Crippen LogP) is -0.000000000000000222. The smallest absolute Gasteiger partial charge is 0.320 e. The van der Waals surface area contributed by atoms with Gasteiger partial charge in [-0.05, 0) is 0 Å². The van der Waals surface area contributed by atoms with Gasteiger partial charge < -0.3 is 20.4 Å². The van der Waals surface area contributed by atoms with Crippen LogP contribution in [-0.2, 0) is 0 Å². The van der Waals surface area contributed by atoms with E-state index in [1.165, 1.54) is 22.2 Å². The lowest BCUT2D eigenvalue weighted by atomic mass is 10.7. The topological polar surface area (TPSA) is 64.7 Å². The second kappa shape index (κ2) is 5.85. The van der Waals surface area contributed by atoms with Gasteiger partial charge in [0.05, 0.1) is 0 Å². The van der Waals surface area contributed by atoms with Gasteiger partial charge in [-0.1, -0.05) is 0 Å². The minimum Gasteiger partial charge on any atom is -0.331 e. The van der Waals surface area contributed by atoms with Gasteiger partial charge in [-0.25, -0.2) is 9.59 Å². The summed E-state index contributed by atoms with van der Waals surface area (Å²) in [5, 5.41) is 4.90. The molecular weight excluding hydrogens is 184 g/mol. The van der Waals surface area contributed by atoms with Crippen LogP contribution in [0.2, 0.25) is 0 Å². The first kappa shape index (κ1) is 12.3. The van der Waals surface area contributed by atoms with E-state index in [4.69, 9.17) is 0 Å². The largest absolute Gasteiger partial charge is 0.331 e. The SMILES string of the molecule is CN(C)C(=O)N/C=C\NC(=O)N(C)C. The Hall–Kier alpha value is -1.72. The molecule has 0 rings (SSSR count). The van der Waals surface area contributed by atoms with Crippen LogP contribution >= 0.6 is 0 Å². The summed E-state index contributed by atoms with van der Waals surface area (Å²) in [7, 11) is 6.51. The Morgan fingerprint density at radius 2 is 1.14 bits per heavy atom. The molecule has 0 atom stereocenters. The molecule has 14 heavy (non-hydrogen) atoms. The van der Waals surface area contributed by atoms with Crippen molar-refractivity contribution in [2.75, 3.05) is 28.2 Å². The summed E-state index contributed by atoms with van der Waals surface area (Å²) in [4.78, 5) is 24.7. The Kier molecular flexibility index (Phi) is 5.13. The van der Waals surface area contributed by atoms with Gasteiger partial charge in [0.25, 0.3) is 0 Å². The molecule has 0 aromatic heterocycles. The van der Waals surface area contributed by atoms with E-state index in [0.717, 1.165) is 0 Å². The molecule has 0 spiro atoms. The standard InChI is InChI=1S/C8H16N4O2/c1-11(2)7(13)9-5-6-10-8(14)12(3)4/h5-6H,1-4H3,(H,9,13)(H,10,14)/b6-5-. The maximum absolute atomic E-state index is 11.0. The number of carbonyl (C=O) groups is 2. The molecular formula is C8H16N4O2. The molecule has 2 N–H and O–H groups in total. The average molecular weight is 200 g/mol. The minimum absolute atomic E-state index is 0.250. The Labute approximate surface area is 83.5 Å². The third-order valence-corrected chi connectivity index (χ3v) is 1.31. The van der Waals surface area contributed by atoms with Crippen molar-refractivity contribution in [2.24, 2.45) is 0 Å². The summed E-state index contributed by atoms with van der Waals surface area (Å²) in [5.74, 6) is 0. The van der Waals surface area contributed by atoms with E-state index in [2.05, 4.69) is 10.6 Å². The summed E-state index contributed by atoms with van der Waals surface area (Å²) in [6, 6.07) is -0.499. The van der Waals surface area contributed by atoms with Crippen LogP contribution in [0.3, 0.4) is 0 Å². The molecule has 4 amide bonds. The number of hydrogen-bond donors (Lipinski definition) is 2. The van der Waals surface area contributed by atoms with E-state index in [1.54, 1.807) is 28.2 Å². The fraction of sp³-hybridized carbons (Fsp3) is 0.500. The molecule has 0 heterocycles. The van der Waals surface area contributed by atoms with Gasteiger partial charge in [-0.3, -0.25) is 0 Å². The molecule has 0 aliphatic heterocycles. The van der Waals surface area contributed by atoms with Crippen LogP contribution in [0, 0.1) is 0 Å². The summed E-state index contributed by atoms with van der Waals surface area (Å²) in [6.07, 6.45) is 2.73. The van der Waals surface area contributed by atoms with Gasteiger partial charge in [0.15, 0.2) is 0 Å². The van der Waals surface area contributed by atoms with E-state index in [1.807, 2.05) is 0 Å². The molecule has 0 fully saturated rings. The van der Waals surface area contributed by atoms with Crippen molar-refractivity contribution in [3.05, 3.63) is 12.4 Å². The first-order valence-electron chi connectivity index (χ1n) is 4.05. The van der Waals surface area contributed by atoms with Crippen molar-refractivity contribution >= 4 is 12.1 Å². The van der Waals surface area contributed by atoms with Crippen molar-refractivity contribution in [1.82, 2.24) is 20.4 Å². The Morgan fingerprint density at radius 3 is 1.36 bits per heavy atom. The second-order valence-electron chi connectivity index (χ2n) is 3.02. The number of nitrogens with one attached hydrogen (secondary N) is 2. The van der Waals surface area contributed by atoms with E-state index in [9.17, 15) is 9.59 Å². The first-order valence-corrected chi connectivity index (χ1v) is 4.05. The lowest BCUT2D eigenvalue weighted by Gasteiger charge is -2.10. The molecule has 0 aliphatic rings. The lowest BCUT2D eigenvalue weighted by Crippen LogP contribution is -2.33. The number of hydrogen-bond acceptors (Lipinski definition) is 2. The third kappa shape index (κ3) is 5.02. The van der Waals surface area contributed by atoms with Crippen molar-refractivity contribution in [3.63, 3.8) is 0 Å². The number of carbonyl (C=O) groups excluding carboxylic acids is 2. The molecule has 0 aromatic carbocycles. The molecule has 6 nitrogen and oxygen atoms in total. The van der Waals surface area contributed by atoms with Gasteiger partial charge in [0.1, 0.15) is 0 Å². The molecule has 0 bridgehead atoms. The van der Waals surface area contributed by atoms with E-state index >= 15 is 0 Å². The molecule has 0 saturated carbocycles. The van der Waals surface area contributed by atoms with Crippen LogP contribution in [0.1, 0.15) is 0 Å². The maximum atomic E-state index is 11.0. The van der Waals surface area contributed by atoms with E-state index in [-0.39, 0.29) is 12.1 Å². The normalized spacial score (nSPS) is 9.71. The van der Waals surface area contributed by atoms with Crippen LogP contribution < -0.4 is 10.6 Å². The third-order valence-electron chi connectivity index (χ3n) is 1.31. The minimum atomic E-state index is -0.250. The zero-order chi connectivity index (χ0) is 11.1. The monoisotopic (exact) mass is 200 g/mol. The fourth-order valence-corrected chi connectivity index (χ4v) is 0.484. The van der Waals surface area contributed by atoms with Crippen LogP contribution in [0.4, 0.5) is 9.59 Å². The first-order chi connectivity index (χ1) is 6.45. The van der Waals surface area contributed by atoms with E-state index in [0.29, 0.717) is 0 Å². The van der Waals surface area contributed by atoms with Gasteiger partial charge >= 0.3 is 12.1 Å². The maximum Gasteiger partial charge on any atom is 0.320 e. The highest BCUT2D eigenvalue weighted by atomic mass is 16.2. The van der Waals surface area contributed by atoms with Crippen molar-refractivity contribution < 1.29 is 9.59 Å². The highest BCUT2D eigenvalue weighted by Crippen LogP contribution is 1.78. The van der Waals surface area contributed by atoms with Gasteiger partial charge in [0.2, 0.25) is 0 Å². The highest BCUT2D eigenvalue weighted by molar-refractivity contribution is 5.76. The average Bonchev–Trinajstić information content (AvgIpc) is 2.11. The summed E-state index contributed by atoms with van der Waals surface area (Å²) < 4.78 is 0. The highest BCUT2D eigenvalue weighted by Gasteiger charge is 1.99. The summed E-state index contributed by atoms with van der Waals surface area (Å²) in [5.41, 5.74) is 0. The molecule has 0 aliphatic carbocycles. The zero-order valence-electron chi connectivity index (χ0n) is 8.87. The van der Waals surface area contributed by atoms with Crippen LogP contribution in [0.5, 0.6) is 0 Å². The van der Waals surface area contributed by atoms with Gasteiger partial charge in [0, 0.05) is 40.6 Å². The molecule has 80 valence electrons. The lowest BCUT2D eigenvalue weighted by molar-refractivity contribution is 0.219.